The number of nitrogens with zero attached hydrogens (tertiary/aromatic N) is 2. The van der Waals surface area contributed by atoms with Crippen LogP contribution in [0.25, 0.3) is 0 Å². The number of benzene rings is 1. The van der Waals surface area contributed by atoms with Crippen molar-refractivity contribution in [3.63, 3.8) is 0 Å². The number of likely N-dealkylation sites (N-methyl/N-ethyl adjacent to an activating group) is 1. The Hall–Kier alpha value is -1.75. The summed E-state index contributed by atoms with van der Waals surface area (Å²) in [6, 6.07) is 7.77. The maximum Gasteiger partial charge on any atom is 0.170 e. The van der Waals surface area contributed by atoms with E-state index in [-0.39, 0.29) is 11.9 Å². The Morgan fingerprint density at radius 3 is 2.88 bits per heavy atom. The Morgan fingerprint density at radius 2 is 2.29 bits per heavy atom. The molecule has 0 spiro atoms. The first-order valence-corrected chi connectivity index (χ1v) is 5.40. The van der Waals surface area contributed by atoms with E-state index in [4.69, 9.17) is 15.7 Å². The Labute approximate surface area is 101 Å². The Bertz CT molecular complexity index is 393. The fourth-order valence-corrected chi connectivity index (χ4v) is 1.55. The number of hydrogen-bond acceptors (Lipinski definition) is 4. The molecule has 0 aliphatic heterocycles. The summed E-state index contributed by atoms with van der Waals surface area (Å²) in [5.41, 5.74) is 7.25. The molecule has 1 aromatic rings. The number of ether oxygens (including phenoxy) is 1. The van der Waals surface area contributed by atoms with Crippen LogP contribution in [-0.4, -0.2) is 37.8 Å². The van der Waals surface area contributed by atoms with Gasteiger partial charge in [0, 0.05) is 31.5 Å². The standard InChI is InChI=1S/C12H19N3O2/c1-9(8-17-3)15(2)11-6-4-5-10(7-11)12(13)14-16/h4-7,9,16H,8H2,1-3H3,(H2,13,14). The molecule has 1 unspecified atom stereocenters. The fourth-order valence-electron chi connectivity index (χ4n) is 1.55. The van der Waals surface area contributed by atoms with Crippen LogP contribution in [0.1, 0.15) is 12.5 Å². The van der Waals surface area contributed by atoms with Crippen LogP contribution in [0.5, 0.6) is 0 Å². The van der Waals surface area contributed by atoms with E-state index in [2.05, 4.69) is 17.0 Å². The van der Waals surface area contributed by atoms with Crippen LogP contribution in [0.4, 0.5) is 5.69 Å². The Morgan fingerprint density at radius 1 is 1.59 bits per heavy atom. The fraction of sp³-hybridized carbons (Fsp3) is 0.417. The second kappa shape index (κ2) is 6.10. The molecule has 0 aromatic heterocycles. The quantitative estimate of drug-likeness (QED) is 0.350. The van der Waals surface area contributed by atoms with Gasteiger partial charge in [-0.05, 0) is 19.1 Å². The molecule has 0 amide bonds. The highest BCUT2D eigenvalue weighted by molar-refractivity contribution is 5.97. The summed E-state index contributed by atoms with van der Waals surface area (Å²) in [4.78, 5) is 2.08. The van der Waals surface area contributed by atoms with E-state index < -0.39 is 0 Å². The zero-order chi connectivity index (χ0) is 12.8. The summed E-state index contributed by atoms with van der Waals surface area (Å²) >= 11 is 0. The van der Waals surface area contributed by atoms with Crippen LogP contribution >= 0.6 is 0 Å². The second-order valence-electron chi connectivity index (χ2n) is 3.95. The van der Waals surface area contributed by atoms with Crippen LogP contribution in [0.3, 0.4) is 0 Å². The van der Waals surface area contributed by atoms with Gasteiger partial charge < -0.3 is 20.6 Å². The molecule has 0 saturated heterocycles. The number of oxime groups is 1. The molecule has 1 rings (SSSR count). The van der Waals surface area contributed by atoms with Crippen molar-refractivity contribution in [1.29, 1.82) is 0 Å². The summed E-state index contributed by atoms with van der Waals surface area (Å²) < 4.78 is 5.12. The van der Waals surface area contributed by atoms with Crippen LogP contribution in [0, 0.1) is 0 Å². The molecule has 0 saturated carbocycles. The maximum absolute atomic E-state index is 8.64. The molecule has 0 fully saturated rings. The van der Waals surface area contributed by atoms with Crippen molar-refractivity contribution in [3.05, 3.63) is 29.8 Å². The molecule has 94 valence electrons. The van der Waals surface area contributed by atoms with Gasteiger partial charge in [0.1, 0.15) is 0 Å². The third-order valence-corrected chi connectivity index (χ3v) is 2.73. The van der Waals surface area contributed by atoms with E-state index in [0.717, 1.165) is 5.69 Å². The van der Waals surface area contributed by atoms with Crippen LogP contribution < -0.4 is 10.6 Å². The largest absolute Gasteiger partial charge is 0.409 e. The molecule has 3 N–H and O–H groups in total. The lowest BCUT2D eigenvalue weighted by Gasteiger charge is -2.26. The molecular formula is C12H19N3O2. The zero-order valence-electron chi connectivity index (χ0n) is 10.4. The number of anilines is 1. The minimum absolute atomic E-state index is 0.111. The Kier molecular flexibility index (Phi) is 4.78. The van der Waals surface area contributed by atoms with Crippen molar-refractivity contribution in [3.8, 4) is 0 Å². The van der Waals surface area contributed by atoms with Gasteiger partial charge in [0.25, 0.3) is 0 Å². The first kappa shape index (κ1) is 13.3. The maximum atomic E-state index is 8.64. The summed E-state index contributed by atoms with van der Waals surface area (Å²) in [5, 5.41) is 11.6. The monoisotopic (exact) mass is 237 g/mol. The summed E-state index contributed by atoms with van der Waals surface area (Å²) in [5.74, 6) is 0.111. The zero-order valence-corrected chi connectivity index (χ0v) is 10.4. The molecule has 0 heterocycles. The lowest BCUT2D eigenvalue weighted by molar-refractivity contribution is 0.183. The molecular weight excluding hydrogens is 218 g/mol. The van der Waals surface area contributed by atoms with Crippen LogP contribution in [0.15, 0.2) is 29.4 Å². The number of amidine groups is 1. The third-order valence-electron chi connectivity index (χ3n) is 2.73. The van der Waals surface area contributed by atoms with Gasteiger partial charge in [0.15, 0.2) is 5.84 Å². The van der Waals surface area contributed by atoms with E-state index in [0.29, 0.717) is 12.2 Å². The summed E-state index contributed by atoms with van der Waals surface area (Å²) in [6.07, 6.45) is 0. The van der Waals surface area contributed by atoms with Gasteiger partial charge in [-0.1, -0.05) is 17.3 Å². The van der Waals surface area contributed by atoms with E-state index in [1.54, 1.807) is 13.2 Å². The number of rotatable bonds is 5. The smallest absolute Gasteiger partial charge is 0.170 e. The van der Waals surface area contributed by atoms with Crippen molar-refractivity contribution in [2.24, 2.45) is 10.9 Å². The molecule has 1 aromatic carbocycles. The van der Waals surface area contributed by atoms with Crippen molar-refractivity contribution in [2.75, 3.05) is 25.7 Å². The van der Waals surface area contributed by atoms with Gasteiger partial charge in [-0.25, -0.2) is 0 Å². The highest BCUT2D eigenvalue weighted by atomic mass is 16.5. The van der Waals surface area contributed by atoms with Gasteiger partial charge in [-0.2, -0.15) is 0 Å². The van der Waals surface area contributed by atoms with Crippen LogP contribution in [0.2, 0.25) is 0 Å². The number of methoxy groups -OCH3 is 1. The van der Waals surface area contributed by atoms with Crippen molar-refractivity contribution >= 4 is 11.5 Å². The van der Waals surface area contributed by atoms with Gasteiger partial charge in [0.2, 0.25) is 0 Å². The molecule has 0 aliphatic rings. The van der Waals surface area contributed by atoms with E-state index in [9.17, 15) is 0 Å². The lowest BCUT2D eigenvalue weighted by Crippen LogP contribution is -2.32. The summed E-state index contributed by atoms with van der Waals surface area (Å²) in [7, 11) is 3.66. The van der Waals surface area contributed by atoms with Crippen molar-refractivity contribution in [1.82, 2.24) is 0 Å². The molecule has 0 radical (unpaired) electrons. The molecule has 5 nitrogen and oxygen atoms in total. The van der Waals surface area contributed by atoms with E-state index >= 15 is 0 Å². The SMILES string of the molecule is COCC(C)N(C)c1cccc(C(N)=NO)c1. The van der Waals surface area contributed by atoms with Gasteiger partial charge >= 0.3 is 0 Å². The molecule has 17 heavy (non-hydrogen) atoms. The topological polar surface area (TPSA) is 71.1 Å². The second-order valence-corrected chi connectivity index (χ2v) is 3.95. The Balaban J connectivity index is 2.91. The molecule has 1 atom stereocenters. The van der Waals surface area contributed by atoms with Crippen LogP contribution in [-0.2, 0) is 4.74 Å². The first-order valence-electron chi connectivity index (χ1n) is 5.40. The van der Waals surface area contributed by atoms with E-state index in [1.165, 1.54) is 0 Å². The lowest BCUT2D eigenvalue weighted by atomic mass is 10.1. The molecule has 0 aliphatic carbocycles. The number of nitrogens with two attached hydrogens (primary N) is 1. The van der Waals surface area contributed by atoms with Gasteiger partial charge in [-0.15, -0.1) is 0 Å². The minimum atomic E-state index is 0.111. The minimum Gasteiger partial charge on any atom is -0.409 e. The average molecular weight is 237 g/mol. The van der Waals surface area contributed by atoms with Gasteiger partial charge in [-0.3, -0.25) is 0 Å². The molecule has 0 bridgehead atoms. The third kappa shape index (κ3) is 3.35. The van der Waals surface area contributed by atoms with E-state index in [1.807, 2.05) is 25.2 Å². The highest BCUT2D eigenvalue weighted by Gasteiger charge is 2.10. The first-order chi connectivity index (χ1) is 8.10. The predicted molar refractivity (Wildman–Crippen MR) is 68.7 cm³/mol. The number of hydrogen-bond donors (Lipinski definition) is 2. The molecule has 5 heteroatoms. The predicted octanol–water partition coefficient (Wildman–Crippen LogP) is 1.25. The average Bonchev–Trinajstić information content (AvgIpc) is 2.37. The highest BCUT2D eigenvalue weighted by Crippen LogP contribution is 2.17. The van der Waals surface area contributed by atoms with Gasteiger partial charge in [0.05, 0.1) is 6.61 Å². The van der Waals surface area contributed by atoms with Crippen molar-refractivity contribution in [2.45, 2.75) is 13.0 Å². The normalized spacial score (nSPS) is 13.5. The van der Waals surface area contributed by atoms with Crippen molar-refractivity contribution < 1.29 is 9.94 Å². The summed E-state index contributed by atoms with van der Waals surface area (Å²) in [6.45, 7) is 2.71.